The summed E-state index contributed by atoms with van der Waals surface area (Å²) in [6.45, 7) is 1.08. The van der Waals surface area contributed by atoms with Crippen LogP contribution in [0.3, 0.4) is 0 Å². The molecule has 1 aliphatic rings. The highest BCUT2D eigenvalue weighted by Crippen LogP contribution is 2.35. The molecular weight excluding hydrogens is 535 g/mol. The van der Waals surface area contributed by atoms with Crippen molar-refractivity contribution in [3.63, 3.8) is 0 Å². The van der Waals surface area contributed by atoms with Gasteiger partial charge in [-0.15, -0.1) is 13.2 Å². The second-order valence-electron chi connectivity index (χ2n) is 7.34. The van der Waals surface area contributed by atoms with Crippen molar-refractivity contribution in [1.29, 1.82) is 0 Å². The Hall–Kier alpha value is -2.51. The Morgan fingerprint density at radius 1 is 1.24 bits per heavy atom. The van der Waals surface area contributed by atoms with Gasteiger partial charge in [0.25, 0.3) is 5.91 Å². The van der Waals surface area contributed by atoms with E-state index in [0.29, 0.717) is 36.2 Å². The fourth-order valence-corrected chi connectivity index (χ4v) is 5.23. The van der Waals surface area contributed by atoms with Crippen molar-refractivity contribution in [3.8, 4) is 17.2 Å². The first-order valence-corrected chi connectivity index (χ1v) is 12.0. The Morgan fingerprint density at radius 2 is 1.97 bits per heavy atom. The van der Waals surface area contributed by atoms with Gasteiger partial charge in [0.1, 0.15) is 22.1 Å². The smallest absolute Gasteiger partial charge is 0.507 e. The van der Waals surface area contributed by atoms with Crippen molar-refractivity contribution < 1.29 is 46.1 Å². The van der Waals surface area contributed by atoms with Crippen LogP contribution < -0.4 is 10.1 Å². The monoisotopic (exact) mass is 553 g/mol. The number of nitrogens with one attached hydrogen (secondary N) is 1. The minimum atomic E-state index is -5.12. The lowest BCUT2D eigenvalue weighted by molar-refractivity contribution is -0.274. The van der Waals surface area contributed by atoms with E-state index in [1.165, 1.54) is 6.07 Å². The molecule has 0 aliphatic carbocycles. The number of ether oxygens (including phenoxy) is 2. The molecule has 0 saturated carbocycles. The van der Waals surface area contributed by atoms with Gasteiger partial charge in [0, 0.05) is 29.1 Å². The first kappa shape index (κ1) is 25.1. The normalized spacial score (nSPS) is 16.5. The van der Waals surface area contributed by atoms with Gasteiger partial charge in [0.15, 0.2) is 9.84 Å². The molecule has 1 saturated heterocycles. The van der Waals surface area contributed by atoms with Crippen molar-refractivity contribution in [2.45, 2.75) is 23.4 Å². The Balaban J connectivity index is 1.97. The predicted octanol–water partition coefficient (Wildman–Crippen LogP) is 3.50. The summed E-state index contributed by atoms with van der Waals surface area (Å²) in [6.07, 6.45) is -4.44. The van der Waals surface area contributed by atoms with Crippen LogP contribution in [0.4, 0.5) is 13.2 Å². The van der Waals surface area contributed by atoms with Crippen LogP contribution in [-0.4, -0.2) is 50.7 Å². The summed E-state index contributed by atoms with van der Waals surface area (Å²) in [6, 6.07) is 4.97. The molecule has 0 aromatic heterocycles. The fraction of sp³-hybridized carbons (Fsp3) is 0.350. The largest absolute Gasteiger partial charge is 0.573 e. The molecule has 0 radical (unpaired) electrons. The van der Waals surface area contributed by atoms with Crippen LogP contribution in [0.5, 0.6) is 17.2 Å². The summed E-state index contributed by atoms with van der Waals surface area (Å²) in [7, 11) is -4.34. The van der Waals surface area contributed by atoms with E-state index in [1.807, 2.05) is 0 Å². The third kappa shape index (κ3) is 6.51. The third-order valence-corrected chi connectivity index (χ3v) is 7.00. The Kier molecular flexibility index (Phi) is 7.44. The Morgan fingerprint density at radius 3 is 2.61 bits per heavy atom. The molecule has 2 aromatic rings. The summed E-state index contributed by atoms with van der Waals surface area (Å²) in [5.41, 5.74) is -1.09. The number of aromatic hydroxyl groups is 2. The number of benzene rings is 2. The summed E-state index contributed by atoms with van der Waals surface area (Å²) in [5.74, 6) is -4.19. The van der Waals surface area contributed by atoms with Gasteiger partial charge < -0.3 is 25.0 Å². The molecule has 1 amide bonds. The van der Waals surface area contributed by atoms with Gasteiger partial charge in [-0.1, -0.05) is 15.9 Å². The van der Waals surface area contributed by atoms with Gasteiger partial charge in [0.2, 0.25) is 0 Å². The van der Waals surface area contributed by atoms with Crippen molar-refractivity contribution >= 4 is 31.7 Å². The van der Waals surface area contributed by atoms with E-state index >= 15 is 0 Å². The van der Waals surface area contributed by atoms with Crippen molar-refractivity contribution in [2.75, 3.05) is 19.8 Å². The third-order valence-electron chi connectivity index (χ3n) is 4.82. The molecule has 1 heterocycles. The number of hydrogen-bond acceptors (Lipinski definition) is 7. The molecule has 8 nitrogen and oxygen atoms in total. The van der Waals surface area contributed by atoms with E-state index < -0.39 is 61.1 Å². The number of sulfone groups is 1. The highest BCUT2D eigenvalue weighted by molar-refractivity contribution is 9.10. The number of hydrogen-bond donors (Lipinski definition) is 3. The SMILES string of the molecule is O=C(NCC1CCOC1)c1cc(OC(F)(F)F)cc(CS(=O)(=O)c2cc(Br)ccc2O)c1O. The minimum absolute atomic E-state index is 0.00468. The predicted molar refractivity (Wildman–Crippen MR) is 113 cm³/mol. The summed E-state index contributed by atoms with van der Waals surface area (Å²) >= 11 is 3.08. The first-order valence-electron chi connectivity index (χ1n) is 9.54. The van der Waals surface area contributed by atoms with Gasteiger partial charge in [-0.2, -0.15) is 0 Å². The molecule has 3 N–H and O–H groups in total. The average molecular weight is 554 g/mol. The molecule has 0 spiro atoms. The summed E-state index contributed by atoms with van der Waals surface area (Å²) in [5, 5.41) is 23.0. The van der Waals surface area contributed by atoms with E-state index in [2.05, 4.69) is 26.0 Å². The molecule has 2 aromatic carbocycles. The second-order valence-corrected chi connectivity index (χ2v) is 10.2. The number of carbonyl (C=O) groups excluding carboxylic acids is 1. The van der Waals surface area contributed by atoms with Crippen LogP contribution in [0.1, 0.15) is 22.3 Å². The number of amides is 1. The van der Waals surface area contributed by atoms with Crippen LogP contribution in [0.25, 0.3) is 0 Å². The zero-order chi connectivity index (χ0) is 24.4. The molecule has 3 rings (SSSR count). The van der Waals surface area contributed by atoms with Crippen molar-refractivity contribution in [3.05, 3.63) is 45.9 Å². The summed E-state index contributed by atoms with van der Waals surface area (Å²) < 4.78 is 73.5. The molecule has 1 atom stereocenters. The van der Waals surface area contributed by atoms with E-state index in [-0.39, 0.29) is 12.5 Å². The van der Waals surface area contributed by atoms with E-state index in [4.69, 9.17) is 4.74 Å². The molecule has 1 aliphatic heterocycles. The number of alkyl halides is 3. The molecule has 13 heteroatoms. The molecule has 1 fully saturated rings. The maximum absolute atomic E-state index is 12.8. The second kappa shape index (κ2) is 9.77. The van der Waals surface area contributed by atoms with E-state index in [9.17, 15) is 36.6 Å². The molecule has 180 valence electrons. The molecule has 1 unspecified atom stereocenters. The van der Waals surface area contributed by atoms with Crippen molar-refractivity contribution in [2.24, 2.45) is 5.92 Å². The lowest BCUT2D eigenvalue weighted by atomic mass is 10.1. The van der Waals surface area contributed by atoms with Crippen LogP contribution in [0.2, 0.25) is 0 Å². The number of phenolic OH excluding ortho intramolecular Hbond substituents is 2. The summed E-state index contributed by atoms with van der Waals surface area (Å²) in [4.78, 5) is 12.1. The van der Waals surface area contributed by atoms with E-state index in [0.717, 1.165) is 12.1 Å². The lowest BCUT2D eigenvalue weighted by Crippen LogP contribution is -2.30. The maximum Gasteiger partial charge on any atom is 0.573 e. The number of rotatable bonds is 7. The Bertz CT molecular complexity index is 1150. The van der Waals surface area contributed by atoms with Crippen molar-refractivity contribution in [1.82, 2.24) is 5.32 Å². The standard InChI is InChI=1S/C20H19BrF3NO7S/c21-13-1-2-16(26)17(6-13)33(29,30)10-12-5-14(32-20(22,23)24)7-15(18(12)27)19(28)25-8-11-3-4-31-9-11/h1-2,5-7,11,26-27H,3-4,8-10H2,(H,25,28). The van der Waals surface area contributed by atoms with Crippen LogP contribution >= 0.6 is 15.9 Å². The highest BCUT2D eigenvalue weighted by atomic mass is 79.9. The van der Waals surface area contributed by atoms with Crippen LogP contribution in [-0.2, 0) is 20.3 Å². The number of carbonyl (C=O) groups is 1. The topological polar surface area (TPSA) is 122 Å². The lowest BCUT2D eigenvalue weighted by Gasteiger charge is -2.16. The van der Waals surface area contributed by atoms with Gasteiger partial charge in [-0.3, -0.25) is 4.79 Å². The molecule has 0 bridgehead atoms. The van der Waals surface area contributed by atoms with Gasteiger partial charge in [0.05, 0.1) is 17.9 Å². The quantitative estimate of drug-likeness (QED) is 0.479. The van der Waals surface area contributed by atoms with Crippen LogP contribution in [0.15, 0.2) is 39.7 Å². The number of phenols is 2. The first-order chi connectivity index (χ1) is 15.4. The van der Waals surface area contributed by atoms with Gasteiger partial charge in [-0.05, 0) is 36.8 Å². The average Bonchev–Trinajstić information content (AvgIpc) is 3.22. The zero-order valence-corrected chi connectivity index (χ0v) is 19.3. The van der Waals surface area contributed by atoms with Crippen LogP contribution in [0, 0.1) is 5.92 Å². The van der Waals surface area contributed by atoms with Gasteiger partial charge in [-0.25, -0.2) is 8.42 Å². The highest BCUT2D eigenvalue weighted by Gasteiger charge is 2.33. The molecule has 33 heavy (non-hydrogen) atoms. The minimum Gasteiger partial charge on any atom is -0.507 e. The van der Waals surface area contributed by atoms with E-state index in [1.54, 1.807) is 0 Å². The Labute approximate surface area is 195 Å². The zero-order valence-electron chi connectivity index (χ0n) is 16.9. The fourth-order valence-electron chi connectivity index (χ4n) is 3.24. The molecular formula is C20H19BrF3NO7S. The maximum atomic E-state index is 12.8. The number of halogens is 4. The van der Waals surface area contributed by atoms with Gasteiger partial charge >= 0.3 is 6.36 Å².